The smallest absolute Gasteiger partial charge is 0.313 e. The highest BCUT2D eigenvalue weighted by Gasteiger charge is 2.35. The first-order valence-electron chi connectivity index (χ1n) is 8.76. The lowest BCUT2D eigenvalue weighted by Crippen LogP contribution is -2.38. The molecular formula is C19H20N4O3. The number of allylic oxidation sites excluding steroid dienone is 2. The molecule has 2 amide bonds. The van der Waals surface area contributed by atoms with Crippen molar-refractivity contribution in [1.29, 1.82) is 0 Å². The molecule has 1 aromatic heterocycles. The Labute approximate surface area is 150 Å². The Hall–Kier alpha value is -2.96. The summed E-state index contributed by atoms with van der Waals surface area (Å²) < 4.78 is 5.35. The highest BCUT2D eigenvalue weighted by atomic mass is 16.4. The minimum atomic E-state index is -0.662. The summed E-state index contributed by atoms with van der Waals surface area (Å²) in [4.78, 5) is 24.1. The molecule has 0 spiro atoms. The molecule has 0 radical (unpaired) electrons. The molecule has 1 aromatic carbocycles. The maximum absolute atomic E-state index is 12.1. The van der Waals surface area contributed by atoms with E-state index in [4.69, 9.17) is 4.42 Å². The summed E-state index contributed by atoms with van der Waals surface area (Å²) in [6, 6.07) is 6.89. The number of benzene rings is 1. The predicted molar refractivity (Wildman–Crippen MR) is 95.0 cm³/mol. The van der Waals surface area contributed by atoms with E-state index in [0.717, 1.165) is 12.0 Å². The van der Waals surface area contributed by atoms with Crippen molar-refractivity contribution in [3.8, 4) is 11.5 Å². The molecule has 2 bridgehead atoms. The predicted octanol–water partition coefficient (Wildman–Crippen LogP) is 2.31. The standard InChI is InChI=1S/C19H20N4O3/c1-11-22-23-19(26-11)13-4-6-16(7-5-13)21-18(25)17(24)20-10-15-9-12-2-3-14(15)8-12/h2-7,12,14-15H,8-10H2,1H3,(H,20,24)(H,21,25)/t12-,14+,15+/m1/s1. The maximum atomic E-state index is 12.1. The summed E-state index contributed by atoms with van der Waals surface area (Å²) in [5.41, 5.74) is 1.28. The second-order valence-electron chi connectivity index (χ2n) is 6.91. The summed E-state index contributed by atoms with van der Waals surface area (Å²) in [6.07, 6.45) is 6.77. The summed E-state index contributed by atoms with van der Waals surface area (Å²) in [5, 5.41) is 13.1. The minimum absolute atomic E-state index is 0.415. The van der Waals surface area contributed by atoms with Gasteiger partial charge in [0.25, 0.3) is 0 Å². The van der Waals surface area contributed by atoms with Crippen molar-refractivity contribution in [2.45, 2.75) is 19.8 Å². The third-order valence-corrected chi connectivity index (χ3v) is 5.06. The summed E-state index contributed by atoms with van der Waals surface area (Å²) >= 11 is 0. The minimum Gasteiger partial charge on any atom is -0.421 e. The van der Waals surface area contributed by atoms with Gasteiger partial charge < -0.3 is 15.1 Å². The van der Waals surface area contributed by atoms with E-state index in [1.165, 1.54) is 6.42 Å². The molecule has 0 saturated heterocycles. The van der Waals surface area contributed by atoms with E-state index >= 15 is 0 Å². The number of amides is 2. The third-order valence-electron chi connectivity index (χ3n) is 5.06. The molecule has 134 valence electrons. The van der Waals surface area contributed by atoms with Gasteiger partial charge in [0.05, 0.1) is 0 Å². The quantitative estimate of drug-likeness (QED) is 0.650. The number of aromatic nitrogens is 2. The number of nitrogens with zero attached hydrogens (tertiary/aromatic N) is 2. The van der Waals surface area contributed by atoms with Crippen molar-refractivity contribution < 1.29 is 14.0 Å². The highest BCUT2D eigenvalue weighted by Crippen LogP contribution is 2.42. The van der Waals surface area contributed by atoms with E-state index in [0.29, 0.717) is 41.8 Å². The van der Waals surface area contributed by atoms with Gasteiger partial charge in [-0.1, -0.05) is 12.2 Å². The fourth-order valence-corrected chi connectivity index (χ4v) is 3.73. The maximum Gasteiger partial charge on any atom is 0.313 e. The molecular weight excluding hydrogens is 332 g/mol. The molecule has 2 aliphatic rings. The van der Waals surface area contributed by atoms with Gasteiger partial charge in [0.2, 0.25) is 11.8 Å². The Morgan fingerprint density at radius 2 is 1.92 bits per heavy atom. The number of carbonyl (C=O) groups is 2. The normalized spacial score (nSPS) is 23.2. The van der Waals surface area contributed by atoms with Gasteiger partial charge in [-0.15, -0.1) is 10.2 Å². The van der Waals surface area contributed by atoms with Crippen molar-refractivity contribution in [3.05, 3.63) is 42.3 Å². The van der Waals surface area contributed by atoms with Crippen LogP contribution in [-0.4, -0.2) is 28.6 Å². The fourth-order valence-electron chi connectivity index (χ4n) is 3.73. The third kappa shape index (κ3) is 3.37. The second kappa shape index (κ2) is 6.74. The number of rotatable bonds is 4. The first-order valence-corrected chi connectivity index (χ1v) is 8.76. The van der Waals surface area contributed by atoms with Crippen LogP contribution < -0.4 is 10.6 Å². The Balaban J connectivity index is 1.29. The monoisotopic (exact) mass is 352 g/mol. The number of carbonyl (C=O) groups excluding carboxylic acids is 2. The van der Waals surface area contributed by atoms with Crippen LogP contribution in [-0.2, 0) is 9.59 Å². The Bertz CT molecular complexity index is 856. The van der Waals surface area contributed by atoms with Gasteiger partial charge in [-0.3, -0.25) is 9.59 Å². The molecule has 2 aromatic rings. The van der Waals surface area contributed by atoms with E-state index in [9.17, 15) is 9.59 Å². The van der Waals surface area contributed by atoms with Crippen LogP contribution in [0.25, 0.3) is 11.5 Å². The lowest BCUT2D eigenvalue weighted by Gasteiger charge is -2.18. The van der Waals surface area contributed by atoms with Crippen LogP contribution in [0.2, 0.25) is 0 Å². The van der Waals surface area contributed by atoms with E-state index in [1.54, 1.807) is 31.2 Å². The van der Waals surface area contributed by atoms with Crippen LogP contribution in [0, 0.1) is 24.7 Å². The van der Waals surface area contributed by atoms with Gasteiger partial charge in [-0.05, 0) is 54.9 Å². The number of hydrogen-bond donors (Lipinski definition) is 2. The molecule has 2 aliphatic carbocycles. The number of hydrogen-bond acceptors (Lipinski definition) is 5. The van der Waals surface area contributed by atoms with Crippen LogP contribution >= 0.6 is 0 Å². The zero-order chi connectivity index (χ0) is 18.1. The molecule has 7 nitrogen and oxygen atoms in total. The van der Waals surface area contributed by atoms with E-state index in [1.807, 2.05) is 0 Å². The molecule has 4 rings (SSSR count). The summed E-state index contributed by atoms with van der Waals surface area (Å²) in [5.74, 6) is 1.27. The van der Waals surface area contributed by atoms with Crippen LogP contribution in [0.4, 0.5) is 5.69 Å². The Morgan fingerprint density at radius 1 is 1.12 bits per heavy atom. The van der Waals surface area contributed by atoms with Gasteiger partial charge in [0.1, 0.15) is 0 Å². The van der Waals surface area contributed by atoms with E-state index < -0.39 is 11.8 Å². The Morgan fingerprint density at radius 3 is 2.54 bits per heavy atom. The lowest BCUT2D eigenvalue weighted by atomic mass is 9.94. The summed E-state index contributed by atoms with van der Waals surface area (Å²) in [7, 11) is 0. The molecule has 2 N–H and O–H groups in total. The van der Waals surface area contributed by atoms with Gasteiger partial charge in [-0.2, -0.15) is 0 Å². The van der Waals surface area contributed by atoms with Gasteiger partial charge in [0, 0.05) is 24.7 Å². The van der Waals surface area contributed by atoms with Gasteiger partial charge in [-0.25, -0.2) is 0 Å². The van der Waals surface area contributed by atoms with Crippen LogP contribution in [0.3, 0.4) is 0 Å². The van der Waals surface area contributed by atoms with Crippen molar-refractivity contribution >= 4 is 17.5 Å². The zero-order valence-corrected chi connectivity index (χ0v) is 14.4. The van der Waals surface area contributed by atoms with Crippen LogP contribution in [0.15, 0.2) is 40.8 Å². The molecule has 1 heterocycles. The average Bonchev–Trinajstić information content (AvgIpc) is 3.37. The molecule has 0 unspecified atom stereocenters. The molecule has 0 aliphatic heterocycles. The second-order valence-corrected chi connectivity index (χ2v) is 6.91. The lowest BCUT2D eigenvalue weighted by molar-refractivity contribution is -0.136. The molecule has 1 fully saturated rings. The zero-order valence-electron chi connectivity index (χ0n) is 14.4. The van der Waals surface area contributed by atoms with E-state index in [-0.39, 0.29) is 0 Å². The molecule has 1 saturated carbocycles. The van der Waals surface area contributed by atoms with Gasteiger partial charge in [0.15, 0.2) is 0 Å². The first kappa shape index (κ1) is 16.5. The van der Waals surface area contributed by atoms with Crippen LogP contribution in [0.5, 0.6) is 0 Å². The Kier molecular flexibility index (Phi) is 4.28. The number of fused-ring (bicyclic) bond motifs is 2. The summed E-state index contributed by atoms with van der Waals surface area (Å²) in [6.45, 7) is 2.27. The largest absolute Gasteiger partial charge is 0.421 e. The molecule has 26 heavy (non-hydrogen) atoms. The average molecular weight is 352 g/mol. The number of aryl methyl sites for hydroxylation is 1. The van der Waals surface area contributed by atoms with Crippen LogP contribution in [0.1, 0.15) is 18.7 Å². The number of anilines is 1. The van der Waals surface area contributed by atoms with Crippen molar-refractivity contribution in [3.63, 3.8) is 0 Å². The van der Waals surface area contributed by atoms with Crippen molar-refractivity contribution in [2.24, 2.45) is 17.8 Å². The van der Waals surface area contributed by atoms with Crippen molar-refractivity contribution in [2.75, 3.05) is 11.9 Å². The van der Waals surface area contributed by atoms with Gasteiger partial charge >= 0.3 is 11.8 Å². The topological polar surface area (TPSA) is 97.1 Å². The SMILES string of the molecule is Cc1nnc(-c2ccc(NC(=O)C(=O)NC[C@@H]3C[C@@H]4C=C[C@H]3C4)cc2)o1. The number of nitrogens with one attached hydrogen (secondary N) is 2. The first-order chi connectivity index (χ1) is 12.6. The fraction of sp³-hybridized carbons (Fsp3) is 0.368. The van der Waals surface area contributed by atoms with Crippen molar-refractivity contribution in [1.82, 2.24) is 15.5 Å². The van der Waals surface area contributed by atoms with E-state index in [2.05, 4.69) is 33.0 Å². The molecule has 3 atom stereocenters. The highest BCUT2D eigenvalue weighted by molar-refractivity contribution is 6.39. The molecule has 7 heteroatoms.